The van der Waals surface area contributed by atoms with Crippen LogP contribution in [0.15, 0.2) is 36.2 Å². The highest BCUT2D eigenvalue weighted by Crippen LogP contribution is 2.17. The Balaban J connectivity index is 2.63. The molecule has 1 rings (SSSR count). The summed E-state index contributed by atoms with van der Waals surface area (Å²) in [5.74, 6) is 0. The van der Waals surface area contributed by atoms with Crippen molar-refractivity contribution >= 4 is 0 Å². The Morgan fingerprint density at radius 3 is 2.55 bits per heavy atom. The highest BCUT2D eigenvalue weighted by atomic mass is 16.3. The zero-order valence-corrected chi connectivity index (χ0v) is 12.1. The fourth-order valence-electron chi connectivity index (χ4n) is 1.80. The average molecular weight is 279 g/mol. The van der Waals surface area contributed by atoms with Crippen LogP contribution >= 0.6 is 0 Å². The van der Waals surface area contributed by atoms with Crippen LogP contribution in [0.1, 0.15) is 23.7 Å². The van der Waals surface area contributed by atoms with Gasteiger partial charge in [0.05, 0.1) is 12.6 Å². The van der Waals surface area contributed by atoms with E-state index in [2.05, 4.69) is 10.6 Å². The lowest BCUT2D eigenvalue weighted by atomic mass is 10.0. The first kappa shape index (κ1) is 16.5. The number of hydrogen-bond donors (Lipinski definition) is 5. The summed E-state index contributed by atoms with van der Waals surface area (Å²) < 4.78 is 0. The molecule has 0 spiro atoms. The highest BCUT2D eigenvalue weighted by molar-refractivity contribution is 5.24. The van der Waals surface area contributed by atoms with Crippen LogP contribution in [-0.2, 0) is 0 Å². The van der Waals surface area contributed by atoms with E-state index in [1.165, 1.54) is 0 Å². The van der Waals surface area contributed by atoms with Gasteiger partial charge in [-0.25, -0.2) is 0 Å². The largest absolute Gasteiger partial charge is 0.401 e. The zero-order valence-electron chi connectivity index (χ0n) is 12.1. The van der Waals surface area contributed by atoms with E-state index in [0.29, 0.717) is 12.1 Å². The molecule has 0 heterocycles. The third kappa shape index (κ3) is 5.21. The number of aryl methyl sites for hydroxylation is 1. The molecule has 5 nitrogen and oxygen atoms in total. The SMILES string of the molecule is CNCC/C(N)=C/NC(CO)C(O)c1ccc(C)cc1. The van der Waals surface area contributed by atoms with E-state index < -0.39 is 12.1 Å². The van der Waals surface area contributed by atoms with E-state index >= 15 is 0 Å². The first-order valence-corrected chi connectivity index (χ1v) is 6.79. The fraction of sp³-hybridized carbons (Fsp3) is 0.467. The van der Waals surface area contributed by atoms with Crippen molar-refractivity contribution in [3.8, 4) is 0 Å². The van der Waals surface area contributed by atoms with E-state index in [0.717, 1.165) is 17.7 Å². The summed E-state index contributed by atoms with van der Waals surface area (Å²) in [6.07, 6.45) is 1.58. The molecule has 0 radical (unpaired) electrons. The van der Waals surface area contributed by atoms with E-state index in [4.69, 9.17) is 5.73 Å². The lowest BCUT2D eigenvalue weighted by Crippen LogP contribution is -2.35. The number of hydrogen-bond acceptors (Lipinski definition) is 5. The maximum atomic E-state index is 10.3. The average Bonchev–Trinajstić information content (AvgIpc) is 2.46. The molecule has 0 aromatic heterocycles. The third-order valence-electron chi connectivity index (χ3n) is 3.14. The maximum absolute atomic E-state index is 10.3. The van der Waals surface area contributed by atoms with Gasteiger partial charge in [0.15, 0.2) is 0 Å². The quantitative estimate of drug-likeness (QED) is 0.475. The van der Waals surface area contributed by atoms with Crippen molar-refractivity contribution < 1.29 is 10.2 Å². The fourth-order valence-corrected chi connectivity index (χ4v) is 1.80. The van der Waals surface area contributed by atoms with Gasteiger partial charge < -0.3 is 26.6 Å². The second-order valence-corrected chi connectivity index (χ2v) is 4.88. The van der Waals surface area contributed by atoms with Gasteiger partial charge in [-0.3, -0.25) is 0 Å². The van der Waals surface area contributed by atoms with Crippen LogP contribution in [0.25, 0.3) is 0 Å². The van der Waals surface area contributed by atoms with Gasteiger partial charge in [-0.2, -0.15) is 0 Å². The van der Waals surface area contributed by atoms with Gasteiger partial charge >= 0.3 is 0 Å². The van der Waals surface area contributed by atoms with Crippen LogP contribution < -0.4 is 16.4 Å². The number of benzene rings is 1. The lowest BCUT2D eigenvalue weighted by Gasteiger charge is -2.22. The number of aliphatic hydroxyl groups excluding tert-OH is 2. The molecule has 0 aliphatic carbocycles. The Morgan fingerprint density at radius 1 is 1.35 bits per heavy atom. The molecule has 2 unspecified atom stereocenters. The summed E-state index contributed by atoms with van der Waals surface area (Å²) in [6, 6.07) is 7.11. The van der Waals surface area contributed by atoms with Crippen molar-refractivity contribution in [1.29, 1.82) is 0 Å². The van der Waals surface area contributed by atoms with E-state index in [1.54, 1.807) is 6.20 Å². The molecule has 5 heteroatoms. The molecule has 0 bridgehead atoms. The van der Waals surface area contributed by atoms with E-state index in [9.17, 15) is 10.2 Å². The molecule has 0 amide bonds. The summed E-state index contributed by atoms with van der Waals surface area (Å²) >= 11 is 0. The predicted molar refractivity (Wildman–Crippen MR) is 81.0 cm³/mol. The second kappa shape index (κ2) is 8.58. The molecule has 112 valence electrons. The molecule has 0 saturated heterocycles. The molecular weight excluding hydrogens is 254 g/mol. The minimum Gasteiger partial charge on any atom is -0.401 e. The van der Waals surface area contributed by atoms with E-state index in [-0.39, 0.29) is 6.61 Å². The number of nitrogens with one attached hydrogen (secondary N) is 2. The number of nitrogens with two attached hydrogens (primary N) is 1. The smallest absolute Gasteiger partial charge is 0.101 e. The predicted octanol–water partition coefficient (Wildman–Crippen LogP) is 0.389. The minimum atomic E-state index is -0.783. The Morgan fingerprint density at radius 2 is 2.00 bits per heavy atom. The van der Waals surface area contributed by atoms with Gasteiger partial charge in [0.25, 0.3) is 0 Å². The van der Waals surface area contributed by atoms with Crippen molar-refractivity contribution in [2.24, 2.45) is 5.73 Å². The highest BCUT2D eigenvalue weighted by Gasteiger charge is 2.18. The summed E-state index contributed by atoms with van der Waals surface area (Å²) in [6.45, 7) is 2.60. The zero-order chi connectivity index (χ0) is 15.0. The standard InChI is InChI=1S/C15H25N3O2/c1-11-3-5-12(6-4-11)15(20)14(10-19)18-9-13(16)7-8-17-2/h3-6,9,14-15,17-20H,7-8,10,16H2,1-2H3/b13-9-. The minimum absolute atomic E-state index is 0.176. The van der Waals surface area contributed by atoms with Crippen molar-refractivity contribution in [3.05, 3.63) is 47.3 Å². The lowest BCUT2D eigenvalue weighted by molar-refractivity contribution is 0.0969. The number of aliphatic hydroxyl groups is 2. The molecule has 1 aromatic rings. The van der Waals surface area contributed by atoms with Crippen molar-refractivity contribution in [3.63, 3.8) is 0 Å². The van der Waals surface area contributed by atoms with Gasteiger partial charge in [-0.05, 0) is 19.5 Å². The van der Waals surface area contributed by atoms with Crippen molar-refractivity contribution in [2.75, 3.05) is 20.2 Å². The summed E-state index contributed by atoms with van der Waals surface area (Å²) in [5, 5.41) is 25.6. The summed E-state index contributed by atoms with van der Waals surface area (Å²) in [7, 11) is 1.86. The van der Waals surface area contributed by atoms with Crippen LogP contribution in [-0.4, -0.2) is 36.5 Å². The van der Waals surface area contributed by atoms with Gasteiger partial charge in [0.1, 0.15) is 6.10 Å². The van der Waals surface area contributed by atoms with Crippen LogP contribution in [0.3, 0.4) is 0 Å². The molecule has 20 heavy (non-hydrogen) atoms. The van der Waals surface area contributed by atoms with Gasteiger partial charge in [0, 0.05) is 24.9 Å². The molecule has 0 fully saturated rings. The first-order valence-electron chi connectivity index (χ1n) is 6.79. The van der Waals surface area contributed by atoms with Crippen molar-refractivity contribution in [2.45, 2.75) is 25.5 Å². The Hall–Kier alpha value is -1.56. The molecule has 0 aliphatic heterocycles. The van der Waals surface area contributed by atoms with Crippen LogP contribution in [0, 0.1) is 6.92 Å². The van der Waals surface area contributed by atoms with Gasteiger partial charge in [-0.15, -0.1) is 0 Å². The molecule has 2 atom stereocenters. The topological polar surface area (TPSA) is 90.5 Å². The Bertz CT molecular complexity index is 418. The third-order valence-corrected chi connectivity index (χ3v) is 3.14. The van der Waals surface area contributed by atoms with Crippen LogP contribution in [0.5, 0.6) is 0 Å². The van der Waals surface area contributed by atoms with Crippen LogP contribution in [0.4, 0.5) is 0 Å². The number of rotatable bonds is 8. The van der Waals surface area contributed by atoms with Gasteiger partial charge in [0.2, 0.25) is 0 Å². The van der Waals surface area contributed by atoms with Crippen molar-refractivity contribution in [1.82, 2.24) is 10.6 Å². The van der Waals surface area contributed by atoms with Gasteiger partial charge in [-0.1, -0.05) is 29.8 Å². The normalized spacial score (nSPS) is 14.9. The Labute approximate surface area is 120 Å². The molecule has 6 N–H and O–H groups in total. The Kier molecular flexibility index (Phi) is 7.08. The van der Waals surface area contributed by atoms with E-state index in [1.807, 2.05) is 38.2 Å². The van der Waals surface area contributed by atoms with Crippen LogP contribution in [0.2, 0.25) is 0 Å². The molecule has 1 aromatic carbocycles. The summed E-state index contributed by atoms with van der Waals surface area (Å²) in [4.78, 5) is 0. The summed E-state index contributed by atoms with van der Waals surface area (Å²) in [5.41, 5.74) is 8.39. The molecule has 0 aliphatic rings. The first-order chi connectivity index (χ1) is 9.58. The molecular formula is C15H25N3O2. The monoisotopic (exact) mass is 279 g/mol. The maximum Gasteiger partial charge on any atom is 0.101 e. The molecule has 0 saturated carbocycles. The second-order valence-electron chi connectivity index (χ2n) is 4.88.